The van der Waals surface area contributed by atoms with Crippen molar-refractivity contribution < 1.29 is 13.2 Å². The highest BCUT2D eigenvalue weighted by Crippen LogP contribution is 2.22. The van der Waals surface area contributed by atoms with E-state index in [0.29, 0.717) is 35.9 Å². The summed E-state index contributed by atoms with van der Waals surface area (Å²) in [4.78, 5) is 20.5. The van der Waals surface area contributed by atoms with Gasteiger partial charge in [0.25, 0.3) is 12.0 Å². The van der Waals surface area contributed by atoms with Crippen LogP contribution < -0.4 is 10.5 Å². The molecule has 0 atom stereocenters. The molecular weight excluding hydrogens is 356 g/mol. The van der Waals surface area contributed by atoms with Crippen molar-refractivity contribution in [2.45, 2.75) is 26.4 Å². The van der Waals surface area contributed by atoms with Crippen LogP contribution in [0, 0.1) is 6.92 Å². The molecule has 1 saturated heterocycles. The highest BCUT2D eigenvalue weighted by Gasteiger charge is 2.22. The molecule has 0 saturated carbocycles. The lowest BCUT2D eigenvalue weighted by Crippen LogP contribution is -2.46. The van der Waals surface area contributed by atoms with Crippen LogP contribution in [0.15, 0.2) is 21.7 Å². The first-order chi connectivity index (χ1) is 11.9. The summed E-state index contributed by atoms with van der Waals surface area (Å²) in [6.45, 7) is 4.53. The maximum absolute atomic E-state index is 12.4. The van der Waals surface area contributed by atoms with Crippen LogP contribution in [0.2, 0.25) is 5.02 Å². The first-order valence-electron chi connectivity index (χ1n) is 7.86. The number of nitrogens with zero attached hydrogens (tertiary/aromatic N) is 5. The molecule has 0 bridgehead atoms. The third-order valence-electron chi connectivity index (χ3n) is 4.04. The lowest BCUT2D eigenvalue weighted by Gasteiger charge is -2.35. The summed E-state index contributed by atoms with van der Waals surface area (Å²) in [5.41, 5.74) is 0.661. The van der Waals surface area contributed by atoms with Gasteiger partial charge in [0.15, 0.2) is 5.89 Å². The zero-order chi connectivity index (χ0) is 18.0. The molecule has 1 fully saturated rings. The van der Waals surface area contributed by atoms with Gasteiger partial charge in [0.1, 0.15) is 17.8 Å². The normalized spacial score (nSPS) is 16.0. The summed E-state index contributed by atoms with van der Waals surface area (Å²) in [5.74, 6) is 0.635. The predicted molar refractivity (Wildman–Crippen MR) is 88.2 cm³/mol. The summed E-state index contributed by atoms with van der Waals surface area (Å²) in [6, 6.07) is 0. The van der Waals surface area contributed by atoms with Gasteiger partial charge in [-0.15, -0.1) is 0 Å². The van der Waals surface area contributed by atoms with Crippen LogP contribution in [0.5, 0.6) is 0 Å². The number of aromatic nitrogens is 3. The lowest BCUT2D eigenvalue weighted by atomic mass is 10.2. The fourth-order valence-corrected chi connectivity index (χ4v) is 3.06. The standard InChI is InChI=1S/C15H18ClF2N5O2/c1-10-20-11(9-25-10)7-21-2-4-22(5-3-21)12-6-19-23(8-13(17)18)15(24)14(12)16/h6,9,13H,2-5,7-8H2,1H3. The van der Waals surface area contributed by atoms with E-state index in [1.165, 1.54) is 6.20 Å². The van der Waals surface area contributed by atoms with E-state index >= 15 is 0 Å². The Bertz CT molecular complexity index is 786. The molecule has 3 heterocycles. The molecule has 136 valence electrons. The van der Waals surface area contributed by atoms with Gasteiger partial charge in [-0.05, 0) is 0 Å². The van der Waals surface area contributed by atoms with Gasteiger partial charge in [-0.25, -0.2) is 18.4 Å². The van der Waals surface area contributed by atoms with E-state index in [4.69, 9.17) is 16.0 Å². The summed E-state index contributed by atoms with van der Waals surface area (Å²) < 4.78 is 30.8. The average molecular weight is 374 g/mol. The van der Waals surface area contributed by atoms with Crippen molar-refractivity contribution in [2.75, 3.05) is 31.1 Å². The number of alkyl halides is 2. The molecule has 1 aliphatic heterocycles. The summed E-state index contributed by atoms with van der Waals surface area (Å²) >= 11 is 6.09. The first-order valence-corrected chi connectivity index (χ1v) is 8.24. The number of rotatable bonds is 5. The second-order valence-electron chi connectivity index (χ2n) is 5.84. The van der Waals surface area contributed by atoms with Crippen molar-refractivity contribution in [2.24, 2.45) is 0 Å². The van der Waals surface area contributed by atoms with Crippen LogP contribution in [-0.2, 0) is 13.1 Å². The van der Waals surface area contributed by atoms with Crippen LogP contribution in [-0.4, -0.2) is 52.3 Å². The monoisotopic (exact) mass is 373 g/mol. The van der Waals surface area contributed by atoms with Crippen molar-refractivity contribution in [3.05, 3.63) is 39.4 Å². The fraction of sp³-hybridized carbons (Fsp3) is 0.533. The molecule has 0 amide bonds. The molecule has 0 spiro atoms. The molecule has 2 aromatic heterocycles. The smallest absolute Gasteiger partial charge is 0.287 e. The zero-order valence-electron chi connectivity index (χ0n) is 13.7. The predicted octanol–water partition coefficient (Wildman–Crippen LogP) is 1.78. The number of piperazine rings is 1. The summed E-state index contributed by atoms with van der Waals surface area (Å²) in [7, 11) is 0. The van der Waals surface area contributed by atoms with E-state index in [2.05, 4.69) is 15.0 Å². The van der Waals surface area contributed by atoms with Gasteiger partial charge >= 0.3 is 0 Å². The minimum Gasteiger partial charge on any atom is -0.449 e. The fourth-order valence-electron chi connectivity index (χ4n) is 2.79. The number of oxazole rings is 1. The van der Waals surface area contributed by atoms with E-state index in [1.807, 2.05) is 4.90 Å². The summed E-state index contributed by atoms with van der Waals surface area (Å²) in [6.07, 6.45) is 0.365. The van der Waals surface area contributed by atoms with E-state index in [1.54, 1.807) is 13.2 Å². The Morgan fingerprint density at radius 2 is 2.04 bits per heavy atom. The molecule has 0 N–H and O–H groups in total. The van der Waals surface area contributed by atoms with Crippen molar-refractivity contribution in [3.8, 4) is 0 Å². The van der Waals surface area contributed by atoms with Crippen LogP contribution in [0.1, 0.15) is 11.6 Å². The van der Waals surface area contributed by atoms with Gasteiger partial charge in [-0.2, -0.15) is 5.10 Å². The van der Waals surface area contributed by atoms with Gasteiger partial charge in [-0.3, -0.25) is 9.69 Å². The number of hydrogen-bond acceptors (Lipinski definition) is 6. The number of anilines is 1. The molecule has 0 unspecified atom stereocenters. The number of hydrogen-bond donors (Lipinski definition) is 0. The second-order valence-corrected chi connectivity index (χ2v) is 6.22. The second kappa shape index (κ2) is 7.49. The van der Waals surface area contributed by atoms with Crippen molar-refractivity contribution >= 4 is 17.3 Å². The Kier molecular flexibility index (Phi) is 5.33. The van der Waals surface area contributed by atoms with E-state index in [-0.39, 0.29) is 5.02 Å². The Morgan fingerprint density at radius 3 is 2.64 bits per heavy atom. The minimum atomic E-state index is -2.66. The molecule has 0 radical (unpaired) electrons. The maximum atomic E-state index is 12.4. The van der Waals surface area contributed by atoms with Gasteiger partial charge in [0.05, 0.1) is 17.6 Å². The van der Waals surface area contributed by atoms with Crippen LogP contribution >= 0.6 is 11.6 Å². The number of halogens is 3. The highest BCUT2D eigenvalue weighted by atomic mass is 35.5. The quantitative estimate of drug-likeness (QED) is 0.796. The molecule has 1 aliphatic rings. The summed E-state index contributed by atoms with van der Waals surface area (Å²) in [5, 5.41) is 3.73. The molecular formula is C15H18ClF2N5O2. The maximum Gasteiger partial charge on any atom is 0.287 e. The van der Waals surface area contributed by atoms with Crippen LogP contribution in [0.25, 0.3) is 0 Å². The largest absolute Gasteiger partial charge is 0.449 e. The Morgan fingerprint density at radius 1 is 1.32 bits per heavy atom. The van der Waals surface area contributed by atoms with Gasteiger partial charge in [0, 0.05) is 39.6 Å². The number of aryl methyl sites for hydroxylation is 1. The molecule has 2 aromatic rings. The van der Waals surface area contributed by atoms with Gasteiger partial charge in [0.2, 0.25) is 0 Å². The van der Waals surface area contributed by atoms with E-state index < -0.39 is 18.5 Å². The molecule has 0 aliphatic carbocycles. The minimum absolute atomic E-state index is 0.0729. The molecule has 3 rings (SSSR count). The van der Waals surface area contributed by atoms with E-state index in [9.17, 15) is 13.6 Å². The molecule has 25 heavy (non-hydrogen) atoms. The average Bonchev–Trinajstić information content (AvgIpc) is 2.98. The third-order valence-corrected chi connectivity index (χ3v) is 4.40. The van der Waals surface area contributed by atoms with Gasteiger partial charge < -0.3 is 9.32 Å². The Labute approximate surface area is 147 Å². The molecule has 0 aromatic carbocycles. The molecule has 7 nitrogen and oxygen atoms in total. The Balaban J connectivity index is 1.64. The Hall–Kier alpha value is -2.00. The van der Waals surface area contributed by atoms with Gasteiger partial charge in [-0.1, -0.05) is 11.6 Å². The third kappa shape index (κ3) is 4.16. The van der Waals surface area contributed by atoms with E-state index in [0.717, 1.165) is 18.8 Å². The van der Waals surface area contributed by atoms with Crippen LogP contribution in [0.3, 0.4) is 0 Å². The topological polar surface area (TPSA) is 67.4 Å². The lowest BCUT2D eigenvalue weighted by molar-refractivity contribution is 0.119. The highest BCUT2D eigenvalue weighted by molar-refractivity contribution is 6.33. The van der Waals surface area contributed by atoms with Crippen molar-refractivity contribution in [1.82, 2.24) is 19.7 Å². The van der Waals surface area contributed by atoms with Crippen molar-refractivity contribution in [3.63, 3.8) is 0 Å². The zero-order valence-corrected chi connectivity index (χ0v) is 14.4. The first kappa shape index (κ1) is 17.8. The van der Waals surface area contributed by atoms with Crippen LogP contribution in [0.4, 0.5) is 14.5 Å². The SMILES string of the molecule is Cc1nc(CN2CCN(c3cnn(CC(F)F)c(=O)c3Cl)CC2)co1. The van der Waals surface area contributed by atoms with Crippen molar-refractivity contribution in [1.29, 1.82) is 0 Å². The molecule has 10 heteroatoms.